The van der Waals surface area contributed by atoms with Crippen molar-refractivity contribution in [3.05, 3.63) is 23.4 Å². The molecule has 1 aliphatic heterocycles. The summed E-state index contributed by atoms with van der Waals surface area (Å²) in [5.74, 6) is -0.709. The third-order valence-corrected chi connectivity index (χ3v) is 3.55. The lowest BCUT2D eigenvalue weighted by Gasteiger charge is -2.26. The summed E-state index contributed by atoms with van der Waals surface area (Å²) < 4.78 is 38.3. The summed E-state index contributed by atoms with van der Waals surface area (Å²) >= 11 is 0. The summed E-state index contributed by atoms with van der Waals surface area (Å²) in [6.45, 7) is 2.55. The van der Waals surface area contributed by atoms with Gasteiger partial charge in [0.05, 0.1) is 5.56 Å². The molecule has 2 N–H and O–H groups in total. The van der Waals surface area contributed by atoms with Gasteiger partial charge in [0.25, 0.3) is 5.91 Å². The molecule has 1 aromatic rings. The van der Waals surface area contributed by atoms with Crippen LogP contribution in [0.25, 0.3) is 0 Å². The van der Waals surface area contributed by atoms with Gasteiger partial charge in [0.15, 0.2) is 0 Å². The average Bonchev–Trinajstić information content (AvgIpc) is 2.84. The Morgan fingerprint density at radius 3 is 2.75 bits per heavy atom. The number of hydrogen-bond acceptors (Lipinski definition) is 3. The van der Waals surface area contributed by atoms with E-state index in [4.69, 9.17) is 5.73 Å². The highest BCUT2D eigenvalue weighted by molar-refractivity contribution is 5.97. The normalized spacial score (nSPS) is 19.4. The van der Waals surface area contributed by atoms with E-state index in [-0.39, 0.29) is 17.4 Å². The van der Waals surface area contributed by atoms with Crippen molar-refractivity contribution in [3.63, 3.8) is 0 Å². The zero-order chi connectivity index (χ0) is 14.9. The molecule has 1 aromatic heterocycles. The molecule has 20 heavy (non-hydrogen) atoms. The summed E-state index contributed by atoms with van der Waals surface area (Å²) in [4.78, 5) is 16.8. The van der Waals surface area contributed by atoms with Crippen molar-refractivity contribution in [3.8, 4) is 0 Å². The van der Waals surface area contributed by atoms with Gasteiger partial charge in [-0.25, -0.2) is 4.98 Å². The number of hydrogen-bond donors (Lipinski definition) is 1. The van der Waals surface area contributed by atoms with Gasteiger partial charge in [0.2, 0.25) is 0 Å². The van der Waals surface area contributed by atoms with E-state index in [9.17, 15) is 18.0 Å². The number of nitrogens with zero attached hydrogens (tertiary/aromatic N) is 2. The van der Waals surface area contributed by atoms with Crippen LogP contribution in [-0.2, 0) is 6.18 Å². The lowest BCUT2D eigenvalue weighted by atomic mass is 10.1. The third-order valence-electron chi connectivity index (χ3n) is 3.55. The number of carbonyl (C=O) groups is 1. The number of anilines is 1. The number of pyridine rings is 1. The molecule has 1 atom stereocenters. The minimum atomic E-state index is -4.54. The Morgan fingerprint density at radius 1 is 1.50 bits per heavy atom. The molecule has 1 saturated heterocycles. The highest BCUT2D eigenvalue weighted by atomic mass is 19.4. The van der Waals surface area contributed by atoms with E-state index >= 15 is 0 Å². The lowest BCUT2D eigenvalue weighted by Crippen LogP contribution is -2.32. The SMILES string of the molecule is CCC1CCCN1c1nc(C(F)(F)F)ccc1C(N)=O. The van der Waals surface area contributed by atoms with E-state index in [0.717, 1.165) is 31.4 Å². The van der Waals surface area contributed by atoms with Gasteiger partial charge in [-0.2, -0.15) is 13.2 Å². The van der Waals surface area contributed by atoms with Crippen molar-refractivity contribution in [2.24, 2.45) is 5.73 Å². The summed E-state index contributed by atoms with van der Waals surface area (Å²) in [6, 6.07) is 2.00. The van der Waals surface area contributed by atoms with Crippen molar-refractivity contribution in [2.75, 3.05) is 11.4 Å². The van der Waals surface area contributed by atoms with Crippen LogP contribution in [0.1, 0.15) is 42.2 Å². The molecule has 1 aliphatic rings. The summed E-state index contributed by atoms with van der Waals surface area (Å²) in [5, 5.41) is 0. The molecule has 110 valence electrons. The van der Waals surface area contributed by atoms with Crippen LogP contribution < -0.4 is 10.6 Å². The predicted molar refractivity (Wildman–Crippen MR) is 68.4 cm³/mol. The molecule has 1 amide bonds. The second-order valence-electron chi connectivity index (χ2n) is 4.83. The van der Waals surface area contributed by atoms with E-state index in [0.29, 0.717) is 6.54 Å². The third kappa shape index (κ3) is 2.71. The van der Waals surface area contributed by atoms with Gasteiger partial charge >= 0.3 is 6.18 Å². The standard InChI is InChI=1S/C13H16F3N3O/c1-2-8-4-3-7-19(8)12-9(11(17)20)5-6-10(18-12)13(14,15)16/h5-6,8H,2-4,7H2,1H3,(H2,17,20). The van der Waals surface area contributed by atoms with Crippen LogP contribution in [0.5, 0.6) is 0 Å². The van der Waals surface area contributed by atoms with Gasteiger partial charge in [0.1, 0.15) is 11.5 Å². The second kappa shape index (κ2) is 5.30. The summed E-state index contributed by atoms with van der Waals surface area (Å²) in [7, 11) is 0. The van der Waals surface area contributed by atoms with Crippen molar-refractivity contribution < 1.29 is 18.0 Å². The molecule has 1 unspecified atom stereocenters. The molecular weight excluding hydrogens is 271 g/mol. The molecule has 2 heterocycles. The number of carbonyl (C=O) groups excluding carboxylic acids is 1. The van der Waals surface area contributed by atoms with Crippen molar-refractivity contribution in [1.29, 1.82) is 0 Å². The largest absolute Gasteiger partial charge is 0.433 e. The van der Waals surface area contributed by atoms with Gasteiger partial charge in [-0.05, 0) is 31.4 Å². The highest BCUT2D eigenvalue weighted by Crippen LogP contribution is 2.33. The predicted octanol–water partition coefficient (Wildman–Crippen LogP) is 2.58. The molecule has 0 radical (unpaired) electrons. The fourth-order valence-electron chi connectivity index (χ4n) is 2.56. The van der Waals surface area contributed by atoms with Gasteiger partial charge in [0, 0.05) is 12.6 Å². The maximum Gasteiger partial charge on any atom is 0.433 e. The Hall–Kier alpha value is -1.79. The number of halogens is 3. The van der Waals surface area contributed by atoms with E-state index in [1.807, 2.05) is 6.92 Å². The maximum atomic E-state index is 12.8. The van der Waals surface area contributed by atoms with Crippen molar-refractivity contribution in [2.45, 2.75) is 38.4 Å². The summed E-state index contributed by atoms with van der Waals surface area (Å²) in [6.07, 6.45) is -2.00. The second-order valence-corrected chi connectivity index (χ2v) is 4.83. The first-order chi connectivity index (χ1) is 9.34. The zero-order valence-corrected chi connectivity index (χ0v) is 11.1. The molecule has 2 rings (SSSR count). The monoisotopic (exact) mass is 287 g/mol. The van der Waals surface area contributed by atoms with Gasteiger partial charge < -0.3 is 10.6 Å². The first kappa shape index (κ1) is 14.6. The smallest absolute Gasteiger partial charge is 0.365 e. The van der Waals surface area contributed by atoms with Crippen LogP contribution in [0.3, 0.4) is 0 Å². The number of alkyl halides is 3. The maximum absolute atomic E-state index is 12.8. The topological polar surface area (TPSA) is 59.2 Å². The van der Waals surface area contributed by atoms with Crippen molar-refractivity contribution in [1.82, 2.24) is 4.98 Å². The molecule has 1 fully saturated rings. The first-order valence-electron chi connectivity index (χ1n) is 6.49. The Morgan fingerprint density at radius 2 is 2.20 bits per heavy atom. The highest BCUT2D eigenvalue weighted by Gasteiger charge is 2.35. The first-order valence-corrected chi connectivity index (χ1v) is 6.49. The van der Waals surface area contributed by atoms with E-state index in [1.54, 1.807) is 4.90 Å². The Kier molecular flexibility index (Phi) is 3.87. The van der Waals surface area contributed by atoms with E-state index in [1.165, 1.54) is 0 Å². The molecule has 0 spiro atoms. The quantitative estimate of drug-likeness (QED) is 0.929. The van der Waals surface area contributed by atoms with Gasteiger partial charge in [-0.1, -0.05) is 6.92 Å². The number of rotatable bonds is 3. The number of aromatic nitrogens is 1. The minimum Gasteiger partial charge on any atom is -0.365 e. The van der Waals surface area contributed by atoms with Gasteiger partial charge in [-0.3, -0.25) is 4.79 Å². The summed E-state index contributed by atoms with van der Waals surface area (Å²) in [5.41, 5.74) is 4.28. The van der Waals surface area contributed by atoms with Gasteiger partial charge in [-0.15, -0.1) is 0 Å². The van der Waals surface area contributed by atoms with Crippen LogP contribution in [0.4, 0.5) is 19.0 Å². The fraction of sp³-hybridized carbons (Fsp3) is 0.538. The molecular formula is C13H16F3N3O. The number of nitrogens with two attached hydrogens (primary N) is 1. The average molecular weight is 287 g/mol. The van der Waals surface area contributed by atoms with Crippen LogP contribution in [0, 0.1) is 0 Å². The van der Waals surface area contributed by atoms with E-state index in [2.05, 4.69) is 4.98 Å². The fourth-order valence-corrected chi connectivity index (χ4v) is 2.56. The zero-order valence-electron chi connectivity index (χ0n) is 11.1. The van der Waals surface area contributed by atoms with Crippen LogP contribution in [-0.4, -0.2) is 23.5 Å². The molecule has 0 saturated carbocycles. The Balaban J connectivity index is 2.50. The van der Waals surface area contributed by atoms with Crippen LogP contribution >= 0.6 is 0 Å². The molecule has 7 heteroatoms. The van der Waals surface area contributed by atoms with Crippen LogP contribution in [0.2, 0.25) is 0 Å². The molecule has 0 bridgehead atoms. The van der Waals surface area contributed by atoms with Crippen LogP contribution in [0.15, 0.2) is 12.1 Å². The Bertz CT molecular complexity index is 516. The number of primary amides is 1. The van der Waals surface area contributed by atoms with E-state index < -0.39 is 17.8 Å². The molecule has 4 nitrogen and oxygen atoms in total. The lowest BCUT2D eigenvalue weighted by molar-refractivity contribution is -0.141. The van der Waals surface area contributed by atoms with Crippen molar-refractivity contribution >= 4 is 11.7 Å². The number of amides is 1. The minimum absolute atomic E-state index is 0.0401. The Labute approximate surface area is 114 Å². The molecule has 0 aromatic carbocycles. The molecule has 0 aliphatic carbocycles.